The van der Waals surface area contributed by atoms with Crippen LogP contribution in [0.5, 0.6) is 0 Å². The molecule has 1 aliphatic rings. The number of piperazine rings is 1. The van der Waals surface area contributed by atoms with Crippen LogP contribution in [0.3, 0.4) is 0 Å². The number of rotatable bonds is 5. The number of oxazole rings is 1. The first-order valence-electron chi connectivity index (χ1n) is 10.3. The average molecular weight is 431 g/mol. The molecule has 0 N–H and O–H groups in total. The molecule has 6 nitrogen and oxygen atoms in total. The van der Waals surface area contributed by atoms with Crippen LogP contribution in [-0.2, 0) is 5.75 Å². The number of fused-ring (bicyclic) bond motifs is 1. The summed E-state index contributed by atoms with van der Waals surface area (Å²) in [5, 5.41) is 0.620. The van der Waals surface area contributed by atoms with Gasteiger partial charge in [0.15, 0.2) is 5.58 Å². The Balaban J connectivity index is 1.26. The van der Waals surface area contributed by atoms with Crippen molar-refractivity contribution in [3.63, 3.8) is 0 Å². The van der Waals surface area contributed by atoms with E-state index in [1.165, 1.54) is 11.8 Å². The first-order valence-corrected chi connectivity index (χ1v) is 11.3. The van der Waals surface area contributed by atoms with Crippen molar-refractivity contribution < 1.29 is 9.21 Å². The summed E-state index contributed by atoms with van der Waals surface area (Å²) < 4.78 is 5.81. The van der Waals surface area contributed by atoms with Crippen LogP contribution in [0, 0.1) is 0 Å². The van der Waals surface area contributed by atoms with Crippen LogP contribution in [-0.4, -0.2) is 47.0 Å². The number of hydrogen-bond donors (Lipinski definition) is 0. The molecule has 1 amide bonds. The third kappa shape index (κ3) is 4.27. The average Bonchev–Trinajstić information content (AvgIpc) is 3.26. The van der Waals surface area contributed by atoms with E-state index in [2.05, 4.69) is 14.9 Å². The zero-order valence-corrected chi connectivity index (χ0v) is 17.8. The van der Waals surface area contributed by atoms with Crippen LogP contribution in [0.1, 0.15) is 15.9 Å². The molecule has 0 spiro atoms. The highest BCUT2D eigenvalue weighted by Crippen LogP contribution is 2.28. The lowest BCUT2D eigenvalue weighted by atomic mass is 10.1. The van der Waals surface area contributed by atoms with Gasteiger partial charge in [0, 0.05) is 55.6 Å². The minimum Gasteiger partial charge on any atom is -0.431 e. The van der Waals surface area contributed by atoms with E-state index < -0.39 is 0 Å². The van der Waals surface area contributed by atoms with Crippen LogP contribution in [0.15, 0.2) is 82.7 Å². The van der Waals surface area contributed by atoms with Crippen molar-refractivity contribution in [3.8, 4) is 0 Å². The second-order valence-electron chi connectivity index (χ2n) is 7.38. The molecule has 0 bridgehead atoms. The van der Waals surface area contributed by atoms with E-state index in [0.29, 0.717) is 24.1 Å². The fourth-order valence-electron chi connectivity index (χ4n) is 3.80. The lowest BCUT2D eigenvalue weighted by Gasteiger charge is -2.36. The van der Waals surface area contributed by atoms with Gasteiger partial charge in [-0.15, -0.1) is 0 Å². The van der Waals surface area contributed by atoms with Gasteiger partial charge in [-0.05, 0) is 35.9 Å². The predicted molar refractivity (Wildman–Crippen MR) is 122 cm³/mol. The molecular formula is C24H22N4O2S. The Kier molecular flexibility index (Phi) is 5.58. The standard InChI is InChI=1S/C24H22N4O2S/c29-23(28-15-13-27(14-16-28)19-9-11-25-12-10-19)20-6-2-1-5-18(20)17-31-24-26-21-7-3-4-8-22(21)30-24/h1-12H,13-17H2. The first kappa shape index (κ1) is 19.6. The Bertz CT molecular complexity index is 1150. The Morgan fingerprint density at radius 3 is 2.48 bits per heavy atom. The van der Waals surface area contributed by atoms with E-state index in [1.54, 1.807) is 12.4 Å². The van der Waals surface area contributed by atoms with Crippen molar-refractivity contribution in [2.24, 2.45) is 0 Å². The summed E-state index contributed by atoms with van der Waals surface area (Å²) in [5.74, 6) is 0.717. The Morgan fingerprint density at radius 2 is 1.68 bits per heavy atom. The quantitative estimate of drug-likeness (QED) is 0.435. The molecule has 1 fully saturated rings. The second kappa shape index (κ2) is 8.81. The molecule has 31 heavy (non-hydrogen) atoms. The summed E-state index contributed by atoms with van der Waals surface area (Å²) in [6, 6.07) is 19.6. The molecule has 0 saturated carbocycles. The number of carbonyl (C=O) groups excluding carboxylic acids is 1. The molecule has 0 aliphatic carbocycles. The molecule has 1 saturated heterocycles. The van der Waals surface area contributed by atoms with Crippen LogP contribution in [0.25, 0.3) is 11.1 Å². The molecule has 2 aromatic heterocycles. The van der Waals surface area contributed by atoms with Gasteiger partial charge >= 0.3 is 0 Å². The number of pyridine rings is 1. The van der Waals surface area contributed by atoms with Crippen LogP contribution >= 0.6 is 11.8 Å². The molecule has 0 unspecified atom stereocenters. The fraction of sp³-hybridized carbons (Fsp3) is 0.208. The number of benzene rings is 2. The van der Waals surface area contributed by atoms with Crippen LogP contribution < -0.4 is 4.90 Å². The van der Waals surface area contributed by atoms with Crippen LogP contribution in [0.2, 0.25) is 0 Å². The van der Waals surface area contributed by atoms with E-state index in [1.807, 2.05) is 65.6 Å². The van der Waals surface area contributed by atoms with Crippen molar-refractivity contribution in [2.75, 3.05) is 31.1 Å². The third-order valence-electron chi connectivity index (χ3n) is 5.47. The number of aromatic nitrogens is 2. The van der Waals surface area contributed by atoms with E-state index in [0.717, 1.165) is 41.0 Å². The van der Waals surface area contributed by atoms with Gasteiger partial charge in [0.2, 0.25) is 0 Å². The largest absolute Gasteiger partial charge is 0.431 e. The maximum atomic E-state index is 13.3. The van der Waals surface area contributed by atoms with E-state index in [9.17, 15) is 4.79 Å². The maximum absolute atomic E-state index is 13.3. The number of thioether (sulfide) groups is 1. The maximum Gasteiger partial charge on any atom is 0.257 e. The van der Waals surface area contributed by atoms with Gasteiger partial charge in [0.05, 0.1) is 0 Å². The van der Waals surface area contributed by atoms with Gasteiger partial charge in [0.1, 0.15) is 5.52 Å². The number of amides is 1. The smallest absolute Gasteiger partial charge is 0.257 e. The minimum absolute atomic E-state index is 0.0862. The van der Waals surface area contributed by atoms with Gasteiger partial charge in [0.25, 0.3) is 11.1 Å². The highest BCUT2D eigenvalue weighted by molar-refractivity contribution is 7.98. The van der Waals surface area contributed by atoms with Crippen molar-refractivity contribution in [1.82, 2.24) is 14.9 Å². The second-order valence-corrected chi connectivity index (χ2v) is 8.30. The third-order valence-corrected chi connectivity index (χ3v) is 6.34. The first-order chi connectivity index (χ1) is 15.3. The summed E-state index contributed by atoms with van der Waals surface area (Å²) in [6.45, 7) is 3.03. The molecular weight excluding hydrogens is 408 g/mol. The molecule has 3 heterocycles. The number of anilines is 1. The van der Waals surface area contributed by atoms with Crippen molar-refractivity contribution >= 4 is 34.5 Å². The van der Waals surface area contributed by atoms with Gasteiger partial charge in [-0.3, -0.25) is 9.78 Å². The summed E-state index contributed by atoms with van der Waals surface area (Å²) in [4.78, 5) is 26.1. The number of nitrogens with zero attached hydrogens (tertiary/aromatic N) is 4. The molecule has 2 aromatic carbocycles. The lowest BCUT2D eigenvalue weighted by Crippen LogP contribution is -2.49. The molecule has 7 heteroatoms. The monoisotopic (exact) mass is 430 g/mol. The normalized spacial score (nSPS) is 14.2. The Labute approximate surface area is 184 Å². The van der Waals surface area contributed by atoms with E-state index in [-0.39, 0.29) is 5.91 Å². The van der Waals surface area contributed by atoms with Crippen molar-refractivity contribution in [3.05, 3.63) is 84.2 Å². The van der Waals surface area contributed by atoms with Gasteiger partial charge in [-0.1, -0.05) is 42.1 Å². The van der Waals surface area contributed by atoms with Gasteiger partial charge in [-0.25, -0.2) is 4.98 Å². The van der Waals surface area contributed by atoms with Gasteiger partial charge < -0.3 is 14.2 Å². The molecule has 4 aromatic rings. The molecule has 0 atom stereocenters. The number of carbonyl (C=O) groups is 1. The van der Waals surface area contributed by atoms with E-state index >= 15 is 0 Å². The summed E-state index contributed by atoms with van der Waals surface area (Å²) >= 11 is 1.51. The SMILES string of the molecule is O=C(c1ccccc1CSc1nc2ccccc2o1)N1CCN(c2ccncc2)CC1. The summed E-state index contributed by atoms with van der Waals surface area (Å²) in [6.07, 6.45) is 3.61. The van der Waals surface area contributed by atoms with Crippen LogP contribution in [0.4, 0.5) is 5.69 Å². The van der Waals surface area contributed by atoms with Crippen molar-refractivity contribution in [1.29, 1.82) is 0 Å². The number of hydrogen-bond acceptors (Lipinski definition) is 6. The molecule has 5 rings (SSSR count). The van der Waals surface area contributed by atoms with Crippen molar-refractivity contribution in [2.45, 2.75) is 11.0 Å². The highest BCUT2D eigenvalue weighted by atomic mass is 32.2. The minimum atomic E-state index is 0.0862. The highest BCUT2D eigenvalue weighted by Gasteiger charge is 2.24. The summed E-state index contributed by atoms with van der Waals surface area (Å²) in [7, 11) is 0. The Morgan fingerprint density at radius 1 is 0.935 bits per heavy atom. The van der Waals surface area contributed by atoms with Gasteiger partial charge in [-0.2, -0.15) is 0 Å². The number of para-hydroxylation sites is 2. The van der Waals surface area contributed by atoms with E-state index in [4.69, 9.17) is 4.42 Å². The zero-order chi connectivity index (χ0) is 21.0. The zero-order valence-electron chi connectivity index (χ0n) is 17.0. The summed E-state index contributed by atoms with van der Waals surface area (Å²) in [5.41, 5.74) is 4.53. The lowest BCUT2D eigenvalue weighted by molar-refractivity contribution is 0.0746. The predicted octanol–water partition coefficient (Wildman–Crippen LogP) is 4.48. The molecule has 0 radical (unpaired) electrons. The topological polar surface area (TPSA) is 62.5 Å². The fourth-order valence-corrected chi connectivity index (χ4v) is 4.64. The Hall–Kier alpha value is -3.32. The molecule has 1 aliphatic heterocycles. The molecule has 156 valence electrons.